The van der Waals surface area contributed by atoms with E-state index < -0.39 is 0 Å². The molecule has 0 saturated carbocycles. The number of carbonyl (C=O) groups is 1. The van der Waals surface area contributed by atoms with Crippen LogP contribution in [-0.4, -0.2) is 45.1 Å². The van der Waals surface area contributed by atoms with Crippen LogP contribution in [0.15, 0.2) is 18.5 Å². The SMILES string of the molecule is O=C(NCC1CSCCS1)c1cncc(O)c1. The van der Waals surface area contributed by atoms with Gasteiger partial charge in [-0.05, 0) is 6.07 Å². The number of aromatic nitrogens is 1. The maximum Gasteiger partial charge on any atom is 0.253 e. The first kappa shape index (κ1) is 12.6. The van der Waals surface area contributed by atoms with Gasteiger partial charge >= 0.3 is 0 Å². The van der Waals surface area contributed by atoms with Crippen LogP contribution in [0.3, 0.4) is 0 Å². The van der Waals surface area contributed by atoms with Crippen LogP contribution in [0.25, 0.3) is 0 Å². The quantitative estimate of drug-likeness (QED) is 0.868. The monoisotopic (exact) mass is 270 g/mol. The maximum absolute atomic E-state index is 11.8. The molecule has 1 unspecified atom stereocenters. The first-order valence-corrected chi connectivity index (χ1v) is 7.57. The molecule has 1 fully saturated rings. The smallest absolute Gasteiger partial charge is 0.253 e. The Morgan fingerprint density at radius 1 is 1.53 bits per heavy atom. The number of hydrogen-bond acceptors (Lipinski definition) is 5. The molecule has 0 radical (unpaired) electrons. The molecule has 6 heteroatoms. The predicted molar refractivity (Wildman–Crippen MR) is 71.8 cm³/mol. The lowest BCUT2D eigenvalue weighted by Crippen LogP contribution is -2.33. The van der Waals surface area contributed by atoms with Crippen LogP contribution in [0.1, 0.15) is 10.4 Å². The predicted octanol–water partition coefficient (Wildman–Crippen LogP) is 1.37. The molecule has 0 bridgehead atoms. The minimum Gasteiger partial charge on any atom is -0.506 e. The first-order valence-electron chi connectivity index (χ1n) is 5.37. The van der Waals surface area contributed by atoms with E-state index in [9.17, 15) is 9.90 Å². The average molecular weight is 270 g/mol. The summed E-state index contributed by atoms with van der Waals surface area (Å²) in [5.41, 5.74) is 0.401. The van der Waals surface area contributed by atoms with Crippen molar-refractivity contribution in [3.63, 3.8) is 0 Å². The van der Waals surface area contributed by atoms with Crippen LogP contribution in [0.4, 0.5) is 0 Å². The van der Waals surface area contributed by atoms with E-state index in [1.165, 1.54) is 24.2 Å². The van der Waals surface area contributed by atoms with Gasteiger partial charge < -0.3 is 10.4 Å². The van der Waals surface area contributed by atoms with Gasteiger partial charge in [-0.1, -0.05) is 0 Å². The van der Waals surface area contributed by atoms with Crippen LogP contribution < -0.4 is 5.32 Å². The summed E-state index contributed by atoms with van der Waals surface area (Å²) in [5.74, 6) is 3.28. The van der Waals surface area contributed by atoms with E-state index in [0.29, 0.717) is 17.4 Å². The maximum atomic E-state index is 11.8. The van der Waals surface area contributed by atoms with Crippen LogP contribution in [-0.2, 0) is 0 Å². The molecule has 1 atom stereocenters. The first-order chi connectivity index (χ1) is 8.25. The molecule has 4 nitrogen and oxygen atoms in total. The molecule has 0 aliphatic carbocycles. The number of hydrogen-bond donors (Lipinski definition) is 2. The number of nitrogens with one attached hydrogen (secondary N) is 1. The van der Waals surface area contributed by atoms with Crippen LogP contribution in [0.5, 0.6) is 5.75 Å². The van der Waals surface area contributed by atoms with Crippen molar-refractivity contribution in [1.82, 2.24) is 10.3 Å². The lowest BCUT2D eigenvalue weighted by molar-refractivity contribution is 0.0953. The second-order valence-corrected chi connectivity index (χ2v) is 6.27. The Morgan fingerprint density at radius 2 is 2.41 bits per heavy atom. The van der Waals surface area contributed by atoms with Gasteiger partial charge in [0, 0.05) is 35.3 Å². The van der Waals surface area contributed by atoms with Gasteiger partial charge in [0.05, 0.1) is 11.8 Å². The number of thioether (sulfide) groups is 2. The van der Waals surface area contributed by atoms with Crippen LogP contribution in [0, 0.1) is 0 Å². The molecule has 2 rings (SSSR count). The highest BCUT2D eigenvalue weighted by Crippen LogP contribution is 2.23. The minimum atomic E-state index is -0.176. The van der Waals surface area contributed by atoms with Crippen molar-refractivity contribution in [2.24, 2.45) is 0 Å². The number of aromatic hydroxyl groups is 1. The van der Waals surface area contributed by atoms with Gasteiger partial charge in [0.2, 0.25) is 0 Å². The largest absolute Gasteiger partial charge is 0.506 e. The van der Waals surface area contributed by atoms with Crippen molar-refractivity contribution < 1.29 is 9.90 Å². The Hall–Kier alpha value is -0.880. The fourth-order valence-electron chi connectivity index (χ4n) is 1.52. The fraction of sp³-hybridized carbons (Fsp3) is 0.455. The molecule has 0 spiro atoms. The zero-order valence-corrected chi connectivity index (χ0v) is 10.9. The molecule has 0 aromatic carbocycles. The van der Waals surface area contributed by atoms with Crippen molar-refractivity contribution in [1.29, 1.82) is 0 Å². The third-order valence-electron chi connectivity index (χ3n) is 2.36. The lowest BCUT2D eigenvalue weighted by Gasteiger charge is -2.21. The van der Waals surface area contributed by atoms with Gasteiger partial charge in [0.15, 0.2) is 0 Å². The molecule has 17 heavy (non-hydrogen) atoms. The van der Waals surface area contributed by atoms with E-state index in [1.54, 1.807) is 0 Å². The van der Waals surface area contributed by atoms with Crippen molar-refractivity contribution in [2.45, 2.75) is 5.25 Å². The van der Waals surface area contributed by atoms with Gasteiger partial charge in [0.1, 0.15) is 5.75 Å². The number of nitrogens with zero attached hydrogens (tertiary/aromatic N) is 1. The second-order valence-electron chi connectivity index (χ2n) is 3.71. The van der Waals surface area contributed by atoms with Crippen LogP contribution >= 0.6 is 23.5 Å². The molecule has 1 amide bonds. The summed E-state index contributed by atoms with van der Waals surface area (Å²) in [7, 11) is 0. The standard InChI is InChI=1S/C11H14N2O2S2/c14-9-3-8(4-12-5-9)11(15)13-6-10-7-16-1-2-17-10/h3-5,10,14H,1-2,6-7H2,(H,13,15). The summed E-state index contributed by atoms with van der Waals surface area (Å²) in [6.45, 7) is 0.673. The van der Waals surface area contributed by atoms with E-state index in [0.717, 1.165) is 11.5 Å². The van der Waals surface area contributed by atoms with Crippen molar-refractivity contribution in [3.8, 4) is 5.75 Å². The average Bonchev–Trinajstić information content (AvgIpc) is 2.37. The summed E-state index contributed by atoms with van der Waals surface area (Å²) < 4.78 is 0. The summed E-state index contributed by atoms with van der Waals surface area (Å²) in [4.78, 5) is 15.5. The zero-order valence-electron chi connectivity index (χ0n) is 9.26. The Labute approximate surface area is 109 Å². The van der Waals surface area contributed by atoms with Gasteiger partial charge in [-0.15, -0.1) is 0 Å². The molecule has 1 saturated heterocycles. The minimum absolute atomic E-state index is 0.0141. The summed E-state index contributed by atoms with van der Waals surface area (Å²) in [5, 5.41) is 12.6. The zero-order chi connectivity index (χ0) is 12.1. The lowest BCUT2D eigenvalue weighted by atomic mass is 10.2. The molecular weight excluding hydrogens is 256 g/mol. The highest BCUT2D eigenvalue weighted by Gasteiger charge is 2.15. The third-order valence-corrected chi connectivity index (χ3v) is 5.21. The number of amides is 1. The Balaban J connectivity index is 1.84. The van der Waals surface area contributed by atoms with Crippen molar-refractivity contribution in [3.05, 3.63) is 24.0 Å². The van der Waals surface area contributed by atoms with E-state index in [-0.39, 0.29) is 11.7 Å². The van der Waals surface area contributed by atoms with Crippen molar-refractivity contribution in [2.75, 3.05) is 23.8 Å². The number of rotatable bonds is 3. The Kier molecular flexibility index (Phi) is 4.56. The van der Waals surface area contributed by atoms with Gasteiger partial charge in [0.25, 0.3) is 5.91 Å². The normalized spacial score (nSPS) is 19.9. The molecule has 1 aliphatic rings. The van der Waals surface area contributed by atoms with Crippen LogP contribution in [0.2, 0.25) is 0 Å². The number of pyridine rings is 1. The molecule has 2 heterocycles. The van der Waals surface area contributed by atoms with Crippen molar-refractivity contribution >= 4 is 29.4 Å². The molecule has 1 aromatic rings. The van der Waals surface area contributed by atoms with E-state index >= 15 is 0 Å². The molecule has 1 aromatic heterocycles. The highest BCUT2D eigenvalue weighted by atomic mass is 32.2. The third kappa shape index (κ3) is 3.81. The van der Waals surface area contributed by atoms with Gasteiger partial charge in [-0.25, -0.2) is 0 Å². The Morgan fingerprint density at radius 3 is 3.12 bits per heavy atom. The molecule has 92 valence electrons. The summed E-state index contributed by atoms with van der Waals surface area (Å²) >= 11 is 3.83. The van der Waals surface area contributed by atoms with Gasteiger partial charge in [-0.2, -0.15) is 23.5 Å². The second kappa shape index (κ2) is 6.16. The molecule has 2 N–H and O–H groups in total. The van der Waals surface area contributed by atoms with Gasteiger partial charge in [-0.3, -0.25) is 9.78 Å². The highest BCUT2D eigenvalue weighted by molar-refractivity contribution is 8.06. The Bertz CT molecular complexity index is 395. The fourth-order valence-corrected chi connectivity index (χ4v) is 4.13. The van der Waals surface area contributed by atoms with E-state index in [2.05, 4.69) is 10.3 Å². The topological polar surface area (TPSA) is 62.2 Å². The number of carbonyl (C=O) groups excluding carboxylic acids is 1. The molecular formula is C11H14N2O2S2. The summed E-state index contributed by atoms with van der Waals surface area (Å²) in [6, 6.07) is 1.42. The summed E-state index contributed by atoms with van der Waals surface area (Å²) in [6.07, 6.45) is 2.77. The van der Waals surface area contributed by atoms with E-state index in [1.807, 2.05) is 23.5 Å². The molecule has 1 aliphatic heterocycles. The van der Waals surface area contributed by atoms with E-state index in [4.69, 9.17) is 0 Å².